The van der Waals surface area contributed by atoms with E-state index in [9.17, 15) is 9.18 Å². The molecular formula is C19H29FN2O. The molecule has 1 aliphatic heterocycles. The highest BCUT2D eigenvalue weighted by Crippen LogP contribution is 2.32. The van der Waals surface area contributed by atoms with E-state index in [1.807, 2.05) is 4.90 Å². The Morgan fingerprint density at radius 2 is 1.70 bits per heavy atom. The lowest BCUT2D eigenvalue weighted by atomic mass is 9.82. The Kier molecular flexibility index (Phi) is 6.17. The number of halogens is 1. The lowest BCUT2D eigenvalue weighted by Gasteiger charge is -2.33. The smallest absolute Gasteiger partial charge is 0.236 e. The van der Waals surface area contributed by atoms with Crippen LogP contribution in [0.15, 0.2) is 24.3 Å². The monoisotopic (exact) mass is 320 g/mol. The molecule has 0 aliphatic carbocycles. The van der Waals surface area contributed by atoms with Crippen LogP contribution in [0.2, 0.25) is 0 Å². The maximum atomic E-state index is 13.2. The quantitative estimate of drug-likeness (QED) is 0.912. The van der Waals surface area contributed by atoms with Crippen LogP contribution in [0.1, 0.15) is 58.1 Å². The highest BCUT2D eigenvalue weighted by Gasteiger charge is 2.27. The fraction of sp³-hybridized carbons (Fsp3) is 0.632. The van der Waals surface area contributed by atoms with Crippen LogP contribution in [0.5, 0.6) is 0 Å². The molecule has 23 heavy (non-hydrogen) atoms. The van der Waals surface area contributed by atoms with E-state index in [0.29, 0.717) is 6.54 Å². The first-order chi connectivity index (χ1) is 10.9. The maximum Gasteiger partial charge on any atom is 0.236 e. The minimum atomic E-state index is -0.234. The molecule has 4 heteroatoms. The second kappa shape index (κ2) is 7.91. The first-order valence-electron chi connectivity index (χ1n) is 8.64. The third-order valence-electron chi connectivity index (χ3n) is 4.49. The topological polar surface area (TPSA) is 32.3 Å². The van der Waals surface area contributed by atoms with Crippen molar-refractivity contribution in [2.24, 2.45) is 5.41 Å². The Morgan fingerprint density at radius 3 is 2.22 bits per heavy atom. The molecule has 0 saturated carbocycles. The fourth-order valence-electron chi connectivity index (χ4n) is 3.20. The van der Waals surface area contributed by atoms with Crippen molar-refractivity contribution in [3.63, 3.8) is 0 Å². The second-order valence-electron chi connectivity index (χ2n) is 7.53. The van der Waals surface area contributed by atoms with Crippen molar-refractivity contribution in [3.8, 4) is 0 Å². The molecule has 0 spiro atoms. The summed E-state index contributed by atoms with van der Waals surface area (Å²) in [7, 11) is 0. The summed E-state index contributed by atoms with van der Waals surface area (Å²) >= 11 is 0. The van der Waals surface area contributed by atoms with Gasteiger partial charge >= 0.3 is 0 Å². The van der Waals surface area contributed by atoms with Crippen molar-refractivity contribution in [3.05, 3.63) is 35.6 Å². The standard InChI is InChI=1S/C19H29FN2O/c1-19(2,3)18(15-8-10-16(20)11-9-15)21-14-17(23)22-12-6-4-5-7-13-22/h8-11,18,21H,4-7,12-14H2,1-3H3. The fourth-order valence-corrected chi connectivity index (χ4v) is 3.20. The van der Waals surface area contributed by atoms with Crippen LogP contribution in [0.3, 0.4) is 0 Å². The normalized spacial score (nSPS) is 17.7. The van der Waals surface area contributed by atoms with Crippen molar-refractivity contribution in [1.29, 1.82) is 0 Å². The van der Waals surface area contributed by atoms with Crippen molar-refractivity contribution < 1.29 is 9.18 Å². The summed E-state index contributed by atoms with van der Waals surface area (Å²) in [6.07, 6.45) is 4.65. The summed E-state index contributed by atoms with van der Waals surface area (Å²) in [5.41, 5.74) is 0.958. The molecule has 1 unspecified atom stereocenters. The molecule has 1 aromatic rings. The van der Waals surface area contributed by atoms with E-state index in [4.69, 9.17) is 0 Å². The molecule has 1 fully saturated rings. The number of nitrogens with zero attached hydrogens (tertiary/aromatic N) is 1. The number of hydrogen-bond acceptors (Lipinski definition) is 2. The summed E-state index contributed by atoms with van der Waals surface area (Å²) in [4.78, 5) is 14.4. The van der Waals surface area contributed by atoms with Crippen LogP contribution >= 0.6 is 0 Å². The van der Waals surface area contributed by atoms with Gasteiger partial charge in [-0.2, -0.15) is 0 Å². The molecule has 0 bridgehead atoms. The number of hydrogen-bond donors (Lipinski definition) is 1. The second-order valence-corrected chi connectivity index (χ2v) is 7.53. The van der Waals surface area contributed by atoms with Crippen molar-refractivity contribution in [2.75, 3.05) is 19.6 Å². The molecule has 1 N–H and O–H groups in total. The Hall–Kier alpha value is -1.42. The summed E-state index contributed by atoms with van der Waals surface area (Å²) in [5, 5.41) is 3.40. The number of carbonyl (C=O) groups is 1. The number of benzene rings is 1. The lowest BCUT2D eigenvalue weighted by Crippen LogP contribution is -2.42. The zero-order chi connectivity index (χ0) is 16.9. The van der Waals surface area contributed by atoms with Gasteiger partial charge in [0.25, 0.3) is 0 Å². The van der Waals surface area contributed by atoms with Crippen LogP contribution in [0, 0.1) is 11.2 Å². The third-order valence-corrected chi connectivity index (χ3v) is 4.49. The van der Waals surface area contributed by atoms with Gasteiger partial charge in [0.05, 0.1) is 6.54 Å². The molecule has 1 amide bonds. The number of nitrogens with one attached hydrogen (secondary N) is 1. The summed E-state index contributed by atoms with van der Waals surface area (Å²) in [6.45, 7) is 8.47. The van der Waals surface area contributed by atoms with Crippen molar-refractivity contribution >= 4 is 5.91 Å². The average molecular weight is 320 g/mol. The van der Waals surface area contributed by atoms with Gasteiger partial charge in [-0.05, 0) is 36.0 Å². The van der Waals surface area contributed by atoms with Gasteiger partial charge in [-0.25, -0.2) is 4.39 Å². The Labute approximate surface area is 139 Å². The highest BCUT2D eigenvalue weighted by atomic mass is 19.1. The Morgan fingerprint density at radius 1 is 1.13 bits per heavy atom. The van der Waals surface area contributed by atoms with Crippen molar-refractivity contribution in [1.82, 2.24) is 10.2 Å². The van der Waals surface area contributed by atoms with Gasteiger partial charge < -0.3 is 10.2 Å². The molecule has 3 nitrogen and oxygen atoms in total. The number of likely N-dealkylation sites (tertiary alicyclic amines) is 1. The van der Waals surface area contributed by atoms with Crippen LogP contribution in [0.4, 0.5) is 4.39 Å². The molecule has 1 heterocycles. The first kappa shape index (κ1) is 17.9. The lowest BCUT2D eigenvalue weighted by molar-refractivity contribution is -0.130. The van der Waals surface area contributed by atoms with Gasteiger partial charge in [-0.3, -0.25) is 4.79 Å². The van der Waals surface area contributed by atoms with E-state index >= 15 is 0 Å². The summed E-state index contributed by atoms with van der Waals surface area (Å²) < 4.78 is 13.2. The average Bonchev–Trinajstić information content (AvgIpc) is 2.77. The number of rotatable bonds is 4. The molecule has 2 rings (SSSR count). The van der Waals surface area contributed by atoms with E-state index in [1.54, 1.807) is 12.1 Å². The Balaban J connectivity index is 2.01. The van der Waals surface area contributed by atoms with E-state index in [2.05, 4.69) is 26.1 Å². The summed E-state index contributed by atoms with van der Waals surface area (Å²) in [6, 6.07) is 6.57. The Bertz CT molecular complexity index is 499. The SMILES string of the molecule is CC(C)(C)C(NCC(=O)N1CCCCCC1)c1ccc(F)cc1. The zero-order valence-corrected chi connectivity index (χ0v) is 14.6. The van der Waals surface area contributed by atoms with Gasteiger partial charge in [-0.1, -0.05) is 45.7 Å². The largest absolute Gasteiger partial charge is 0.342 e. The van der Waals surface area contributed by atoms with Gasteiger partial charge in [0.1, 0.15) is 5.82 Å². The van der Waals surface area contributed by atoms with E-state index in [1.165, 1.54) is 25.0 Å². The highest BCUT2D eigenvalue weighted by molar-refractivity contribution is 5.78. The van der Waals surface area contributed by atoms with Gasteiger partial charge in [0.2, 0.25) is 5.91 Å². The summed E-state index contributed by atoms with van der Waals surface area (Å²) in [5.74, 6) is -0.0645. The van der Waals surface area contributed by atoms with E-state index in [-0.39, 0.29) is 23.2 Å². The molecule has 128 valence electrons. The first-order valence-corrected chi connectivity index (χ1v) is 8.64. The predicted molar refractivity (Wildman–Crippen MR) is 91.6 cm³/mol. The van der Waals surface area contributed by atoms with Gasteiger partial charge in [0, 0.05) is 19.1 Å². The van der Waals surface area contributed by atoms with Crippen LogP contribution in [0.25, 0.3) is 0 Å². The molecule has 1 aliphatic rings. The minimum absolute atomic E-state index is 0.0130. The molecule has 0 aromatic heterocycles. The van der Waals surface area contributed by atoms with E-state index < -0.39 is 0 Å². The third kappa shape index (κ3) is 5.31. The minimum Gasteiger partial charge on any atom is -0.342 e. The predicted octanol–water partition coefficient (Wildman–Crippen LogP) is 3.91. The van der Waals surface area contributed by atoms with E-state index in [0.717, 1.165) is 31.5 Å². The van der Waals surface area contributed by atoms with Crippen LogP contribution in [-0.2, 0) is 4.79 Å². The van der Waals surface area contributed by atoms with Crippen LogP contribution in [-0.4, -0.2) is 30.4 Å². The number of amides is 1. The number of carbonyl (C=O) groups excluding carboxylic acids is 1. The molecule has 1 saturated heterocycles. The zero-order valence-electron chi connectivity index (χ0n) is 14.6. The molecular weight excluding hydrogens is 291 g/mol. The maximum absolute atomic E-state index is 13.2. The van der Waals surface area contributed by atoms with Crippen LogP contribution < -0.4 is 5.32 Å². The van der Waals surface area contributed by atoms with Crippen molar-refractivity contribution in [2.45, 2.75) is 52.5 Å². The molecule has 0 radical (unpaired) electrons. The van der Waals surface area contributed by atoms with Gasteiger partial charge in [0.15, 0.2) is 0 Å². The molecule has 1 aromatic carbocycles. The molecule has 1 atom stereocenters. The van der Waals surface area contributed by atoms with Gasteiger partial charge in [-0.15, -0.1) is 0 Å².